The van der Waals surface area contributed by atoms with Crippen LogP contribution in [0.3, 0.4) is 0 Å². The molecule has 0 spiro atoms. The third kappa shape index (κ3) is 3.81. The summed E-state index contributed by atoms with van der Waals surface area (Å²) in [6.07, 6.45) is 0. The molecule has 2 N–H and O–H groups in total. The van der Waals surface area contributed by atoms with E-state index in [-0.39, 0.29) is 6.03 Å². The van der Waals surface area contributed by atoms with E-state index >= 15 is 0 Å². The van der Waals surface area contributed by atoms with E-state index in [0.717, 1.165) is 11.3 Å². The normalized spacial score (nSPS) is 9.63. The fourth-order valence-electron chi connectivity index (χ4n) is 1.38. The van der Waals surface area contributed by atoms with Crippen molar-refractivity contribution in [3.63, 3.8) is 0 Å². The lowest BCUT2D eigenvalue weighted by atomic mass is 10.1. The van der Waals surface area contributed by atoms with Crippen molar-refractivity contribution >= 4 is 11.8 Å². The van der Waals surface area contributed by atoms with Crippen molar-refractivity contribution in [3.8, 4) is 6.07 Å². The summed E-state index contributed by atoms with van der Waals surface area (Å²) in [5, 5.41) is 22.7. The highest BCUT2D eigenvalue weighted by molar-refractivity contribution is 5.73. The molecule has 1 aromatic rings. The Morgan fingerprint density at radius 1 is 1.32 bits per heavy atom. The summed E-state index contributed by atoms with van der Waals surface area (Å²) < 4.78 is 0. The Morgan fingerprint density at radius 2 is 2.00 bits per heavy atom. The minimum absolute atomic E-state index is 0.159. The number of nitriles is 1. The monoisotopic (exact) mass is 262 g/mol. The van der Waals surface area contributed by atoms with E-state index in [1.165, 1.54) is 4.90 Å². The van der Waals surface area contributed by atoms with Crippen molar-refractivity contribution < 1.29 is 4.79 Å². The molecule has 1 heterocycles. The Morgan fingerprint density at radius 3 is 2.58 bits per heavy atom. The molecular formula is C12H18N6O. The Bertz CT molecular complexity index is 506. The van der Waals surface area contributed by atoms with Crippen molar-refractivity contribution in [2.75, 3.05) is 32.5 Å². The third-order valence-corrected chi connectivity index (χ3v) is 2.67. The molecular weight excluding hydrogens is 244 g/mol. The maximum Gasteiger partial charge on any atom is 0.316 e. The smallest absolute Gasteiger partial charge is 0.316 e. The quantitative estimate of drug-likeness (QED) is 0.777. The first-order valence-corrected chi connectivity index (χ1v) is 5.90. The first-order valence-electron chi connectivity index (χ1n) is 5.90. The van der Waals surface area contributed by atoms with Crippen LogP contribution in [-0.4, -0.2) is 48.3 Å². The fraction of sp³-hybridized carbons (Fsp3) is 0.500. The highest BCUT2D eigenvalue weighted by atomic mass is 16.2. The molecule has 102 valence electrons. The van der Waals surface area contributed by atoms with Crippen LogP contribution in [-0.2, 0) is 0 Å². The number of anilines is 1. The van der Waals surface area contributed by atoms with Crippen LogP contribution in [0.5, 0.6) is 0 Å². The lowest BCUT2D eigenvalue weighted by Gasteiger charge is -2.13. The van der Waals surface area contributed by atoms with Crippen LogP contribution in [0, 0.1) is 25.2 Å². The Hall–Kier alpha value is -2.36. The van der Waals surface area contributed by atoms with Crippen molar-refractivity contribution in [3.05, 3.63) is 16.8 Å². The molecule has 1 rings (SSSR count). The van der Waals surface area contributed by atoms with Crippen LogP contribution in [0.25, 0.3) is 0 Å². The van der Waals surface area contributed by atoms with Crippen LogP contribution in [0.15, 0.2) is 0 Å². The minimum atomic E-state index is -0.159. The summed E-state index contributed by atoms with van der Waals surface area (Å²) >= 11 is 0. The zero-order valence-corrected chi connectivity index (χ0v) is 11.6. The van der Waals surface area contributed by atoms with Gasteiger partial charge in [-0.1, -0.05) is 0 Å². The zero-order valence-electron chi connectivity index (χ0n) is 11.6. The number of carbonyl (C=O) groups excluding carboxylic acids is 1. The van der Waals surface area contributed by atoms with Gasteiger partial charge in [-0.3, -0.25) is 0 Å². The Balaban J connectivity index is 2.58. The van der Waals surface area contributed by atoms with Gasteiger partial charge in [0.05, 0.1) is 5.69 Å². The molecule has 7 nitrogen and oxygen atoms in total. The topological polar surface area (TPSA) is 93.9 Å². The number of carbonyl (C=O) groups is 1. The molecule has 0 aliphatic rings. The predicted octanol–water partition coefficient (Wildman–Crippen LogP) is 0.648. The fourth-order valence-corrected chi connectivity index (χ4v) is 1.38. The molecule has 0 atom stereocenters. The van der Waals surface area contributed by atoms with E-state index in [0.29, 0.717) is 24.5 Å². The summed E-state index contributed by atoms with van der Waals surface area (Å²) in [7, 11) is 3.34. The SMILES string of the molecule is Cc1nnc(NCCNC(=O)N(C)C)c(C#N)c1C. The molecule has 1 aromatic heterocycles. The zero-order chi connectivity index (χ0) is 14.4. The second kappa shape index (κ2) is 6.54. The molecule has 0 aliphatic heterocycles. The highest BCUT2D eigenvalue weighted by Gasteiger charge is 2.10. The minimum Gasteiger partial charge on any atom is -0.366 e. The molecule has 0 unspecified atom stereocenters. The number of hydrogen-bond donors (Lipinski definition) is 2. The lowest BCUT2D eigenvalue weighted by molar-refractivity contribution is 0.218. The van der Waals surface area contributed by atoms with Gasteiger partial charge >= 0.3 is 6.03 Å². The predicted molar refractivity (Wildman–Crippen MR) is 71.8 cm³/mol. The van der Waals surface area contributed by atoms with E-state index in [9.17, 15) is 4.79 Å². The van der Waals surface area contributed by atoms with Crippen LogP contribution in [0.1, 0.15) is 16.8 Å². The Kier molecular flexibility index (Phi) is 5.06. The van der Waals surface area contributed by atoms with Gasteiger partial charge in [-0.25, -0.2) is 4.79 Å². The third-order valence-electron chi connectivity index (χ3n) is 2.67. The molecule has 0 aliphatic carbocycles. The van der Waals surface area contributed by atoms with E-state index in [1.54, 1.807) is 14.1 Å². The first-order chi connectivity index (χ1) is 8.97. The molecule has 0 saturated carbocycles. The van der Waals surface area contributed by atoms with E-state index in [4.69, 9.17) is 5.26 Å². The molecule has 19 heavy (non-hydrogen) atoms. The summed E-state index contributed by atoms with van der Waals surface area (Å²) in [5.74, 6) is 0.449. The van der Waals surface area contributed by atoms with Gasteiger partial charge < -0.3 is 15.5 Å². The largest absolute Gasteiger partial charge is 0.366 e. The molecule has 0 radical (unpaired) electrons. The van der Waals surface area contributed by atoms with Crippen molar-refractivity contribution in [2.45, 2.75) is 13.8 Å². The molecule has 7 heteroatoms. The number of nitrogens with one attached hydrogen (secondary N) is 2. The number of nitrogens with zero attached hydrogens (tertiary/aromatic N) is 4. The molecule has 0 aromatic carbocycles. The van der Waals surface area contributed by atoms with Crippen LogP contribution >= 0.6 is 0 Å². The number of amides is 2. The van der Waals surface area contributed by atoms with Gasteiger partial charge in [0.1, 0.15) is 11.6 Å². The average Bonchev–Trinajstić information content (AvgIpc) is 2.38. The molecule has 0 saturated heterocycles. The number of hydrogen-bond acceptors (Lipinski definition) is 5. The summed E-state index contributed by atoms with van der Waals surface area (Å²) in [6, 6.07) is 1.95. The maximum atomic E-state index is 11.3. The Labute approximate surface area is 112 Å². The van der Waals surface area contributed by atoms with E-state index < -0.39 is 0 Å². The number of aromatic nitrogens is 2. The van der Waals surface area contributed by atoms with Crippen LogP contribution in [0.4, 0.5) is 10.6 Å². The van der Waals surface area contributed by atoms with E-state index in [2.05, 4.69) is 26.9 Å². The van der Waals surface area contributed by atoms with Crippen molar-refractivity contribution in [2.24, 2.45) is 0 Å². The lowest BCUT2D eigenvalue weighted by Crippen LogP contribution is -2.37. The van der Waals surface area contributed by atoms with Crippen LogP contribution in [0.2, 0.25) is 0 Å². The second-order valence-electron chi connectivity index (χ2n) is 4.30. The first kappa shape index (κ1) is 14.7. The van der Waals surface area contributed by atoms with Crippen molar-refractivity contribution in [1.82, 2.24) is 20.4 Å². The van der Waals surface area contributed by atoms with E-state index in [1.807, 2.05) is 13.8 Å². The molecule has 0 fully saturated rings. The summed E-state index contributed by atoms with van der Waals surface area (Å²) in [4.78, 5) is 12.7. The summed E-state index contributed by atoms with van der Waals surface area (Å²) in [5.41, 5.74) is 2.05. The van der Waals surface area contributed by atoms with Gasteiger partial charge in [-0.05, 0) is 19.4 Å². The van der Waals surface area contributed by atoms with Gasteiger partial charge in [0.2, 0.25) is 0 Å². The number of urea groups is 1. The average molecular weight is 262 g/mol. The van der Waals surface area contributed by atoms with Crippen molar-refractivity contribution in [1.29, 1.82) is 5.26 Å². The maximum absolute atomic E-state index is 11.3. The second-order valence-corrected chi connectivity index (χ2v) is 4.30. The number of rotatable bonds is 4. The van der Waals surface area contributed by atoms with Gasteiger partial charge in [-0.15, -0.1) is 5.10 Å². The number of aryl methyl sites for hydroxylation is 1. The van der Waals surface area contributed by atoms with Gasteiger partial charge in [0, 0.05) is 27.2 Å². The molecule has 2 amide bonds. The summed E-state index contributed by atoms with van der Waals surface area (Å²) in [6.45, 7) is 4.56. The van der Waals surface area contributed by atoms with Gasteiger partial charge in [-0.2, -0.15) is 10.4 Å². The van der Waals surface area contributed by atoms with Gasteiger partial charge in [0.25, 0.3) is 0 Å². The highest BCUT2D eigenvalue weighted by Crippen LogP contribution is 2.16. The standard InChI is InChI=1S/C12H18N6O/c1-8-9(2)16-17-11(10(8)7-13)14-5-6-15-12(19)18(3)4/h5-6H2,1-4H3,(H,14,17)(H,15,19). The van der Waals surface area contributed by atoms with Gasteiger partial charge in [0.15, 0.2) is 5.82 Å². The van der Waals surface area contributed by atoms with Crippen LogP contribution < -0.4 is 10.6 Å². The molecule has 0 bridgehead atoms.